The standard InChI is InChI=1S/C21H18N2O/c1-14-11-16(19-6-2-3-8-21(19)23-14)13-24-17-9-10-18-15(12-17)5-4-7-20(18)22/h2-12H,13,22H2,1H3. The van der Waals surface area contributed by atoms with E-state index in [1.807, 2.05) is 61.5 Å². The van der Waals surface area contributed by atoms with Crippen LogP contribution in [0.15, 0.2) is 66.7 Å². The molecule has 24 heavy (non-hydrogen) atoms. The molecule has 3 heteroatoms. The SMILES string of the molecule is Cc1cc(COc2ccc3c(N)cccc3c2)c2ccccc2n1. The lowest BCUT2D eigenvalue weighted by molar-refractivity contribution is 0.308. The Balaban J connectivity index is 1.66. The van der Waals surface area contributed by atoms with Crippen LogP contribution >= 0.6 is 0 Å². The second-order valence-corrected chi connectivity index (χ2v) is 5.96. The fourth-order valence-electron chi connectivity index (χ4n) is 3.05. The molecule has 1 aromatic heterocycles. The second kappa shape index (κ2) is 5.85. The van der Waals surface area contributed by atoms with Gasteiger partial charge in [-0.3, -0.25) is 4.98 Å². The highest BCUT2D eigenvalue weighted by atomic mass is 16.5. The van der Waals surface area contributed by atoms with Gasteiger partial charge < -0.3 is 10.5 Å². The average Bonchev–Trinajstić information content (AvgIpc) is 2.59. The largest absolute Gasteiger partial charge is 0.489 e. The topological polar surface area (TPSA) is 48.1 Å². The Kier molecular flexibility index (Phi) is 3.54. The molecule has 0 saturated carbocycles. The Hall–Kier alpha value is -3.07. The summed E-state index contributed by atoms with van der Waals surface area (Å²) in [6, 6.07) is 22.2. The van der Waals surface area contributed by atoms with E-state index in [2.05, 4.69) is 17.1 Å². The monoisotopic (exact) mass is 314 g/mol. The maximum Gasteiger partial charge on any atom is 0.120 e. The molecule has 0 radical (unpaired) electrons. The average molecular weight is 314 g/mol. The van der Waals surface area contributed by atoms with Crippen molar-refractivity contribution < 1.29 is 4.74 Å². The van der Waals surface area contributed by atoms with Crippen LogP contribution < -0.4 is 10.5 Å². The molecule has 3 aromatic carbocycles. The minimum atomic E-state index is 0.512. The summed E-state index contributed by atoms with van der Waals surface area (Å²) < 4.78 is 6.03. The van der Waals surface area contributed by atoms with E-state index < -0.39 is 0 Å². The summed E-state index contributed by atoms with van der Waals surface area (Å²) in [6.45, 7) is 2.52. The molecule has 0 atom stereocenters. The van der Waals surface area contributed by atoms with Crippen molar-refractivity contribution >= 4 is 27.4 Å². The molecule has 4 aromatic rings. The Morgan fingerprint density at radius 1 is 0.917 bits per heavy atom. The number of para-hydroxylation sites is 1. The number of hydrogen-bond donors (Lipinski definition) is 1. The van der Waals surface area contributed by atoms with Crippen molar-refractivity contribution in [2.24, 2.45) is 0 Å². The molecule has 0 unspecified atom stereocenters. The van der Waals surface area contributed by atoms with Crippen LogP contribution in [0.4, 0.5) is 5.69 Å². The summed E-state index contributed by atoms with van der Waals surface area (Å²) in [5.41, 5.74) is 9.93. The number of nitrogens with zero attached hydrogens (tertiary/aromatic N) is 1. The third-order valence-corrected chi connectivity index (χ3v) is 4.21. The van der Waals surface area contributed by atoms with E-state index in [1.54, 1.807) is 0 Å². The van der Waals surface area contributed by atoms with Crippen LogP contribution in [-0.4, -0.2) is 4.98 Å². The Morgan fingerprint density at radius 2 is 1.79 bits per heavy atom. The van der Waals surface area contributed by atoms with Crippen LogP contribution in [0, 0.1) is 6.92 Å². The molecule has 0 aliphatic rings. The third-order valence-electron chi connectivity index (χ3n) is 4.21. The van der Waals surface area contributed by atoms with Gasteiger partial charge in [-0.2, -0.15) is 0 Å². The Bertz CT molecular complexity index is 1040. The molecule has 0 spiro atoms. The molecule has 0 aliphatic heterocycles. The molecular formula is C21H18N2O. The van der Waals surface area contributed by atoms with E-state index in [-0.39, 0.29) is 0 Å². The number of rotatable bonds is 3. The van der Waals surface area contributed by atoms with E-state index in [1.165, 1.54) is 0 Å². The fourth-order valence-corrected chi connectivity index (χ4v) is 3.05. The first kappa shape index (κ1) is 14.5. The summed E-state index contributed by atoms with van der Waals surface area (Å²) in [6.07, 6.45) is 0. The van der Waals surface area contributed by atoms with Crippen molar-refractivity contribution in [1.29, 1.82) is 0 Å². The number of benzene rings is 3. The van der Waals surface area contributed by atoms with Gasteiger partial charge in [0.05, 0.1) is 5.52 Å². The van der Waals surface area contributed by atoms with E-state index in [0.29, 0.717) is 6.61 Å². The fraction of sp³-hybridized carbons (Fsp3) is 0.0952. The Labute approximate surface area is 140 Å². The highest BCUT2D eigenvalue weighted by molar-refractivity contribution is 5.93. The van der Waals surface area contributed by atoms with Gasteiger partial charge in [0.1, 0.15) is 12.4 Å². The van der Waals surface area contributed by atoms with Gasteiger partial charge >= 0.3 is 0 Å². The maximum atomic E-state index is 6.03. The van der Waals surface area contributed by atoms with Crippen LogP contribution in [0.25, 0.3) is 21.7 Å². The summed E-state index contributed by atoms with van der Waals surface area (Å²) in [7, 11) is 0. The second-order valence-electron chi connectivity index (χ2n) is 5.96. The van der Waals surface area contributed by atoms with Gasteiger partial charge in [-0.25, -0.2) is 0 Å². The van der Waals surface area contributed by atoms with E-state index in [0.717, 1.165) is 44.4 Å². The number of aromatic nitrogens is 1. The number of hydrogen-bond acceptors (Lipinski definition) is 3. The first-order valence-corrected chi connectivity index (χ1v) is 7.97. The highest BCUT2D eigenvalue weighted by Gasteiger charge is 2.06. The van der Waals surface area contributed by atoms with Crippen LogP contribution in [0.5, 0.6) is 5.75 Å². The predicted molar refractivity (Wildman–Crippen MR) is 99.2 cm³/mol. The zero-order valence-corrected chi connectivity index (χ0v) is 13.5. The number of fused-ring (bicyclic) bond motifs is 2. The van der Waals surface area contributed by atoms with Crippen molar-refractivity contribution in [3.63, 3.8) is 0 Å². The van der Waals surface area contributed by atoms with Gasteiger partial charge in [-0.1, -0.05) is 30.3 Å². The Morgan fingerprint density at radius 3 is 2.71 bits per heavy atom. The molecule has 0 aliphatic carbocycles. The van der Waals surface area contributed by atoms with Gasteiger partial charge in [-0.15, -0.1) is 0 Å². The van der Waals surface area contributed by atoms with Crippen molar-refractivity contribution in [3.8, 4) is 5.75 Å². The van der Waals surface area contributed by atoms with Gasteiger partial charge in [-0.05, 0) is 48.7 Å². The van der Waals surface area contributed by atoms with Crippen molar-refractivity contribution in [1.82, 2.24) is 4.98 Å². The molecule has 1 heterocycles. The smallest absolute Gasteiger partial charge is 0.120 e. The van der Waals surface area contributed by atoms with Gasteiger partial charge in [0.15, 0.2) is 0 Å². The van der Waals surface area contributed by atoms with Crippen molar-refractivity contribution in [2.45, 2.75) is 13.5 Å². The van der Waals surface area contributed by atoms with E-state index in [4.69, 9.17) is 10.5 Å². The number of pyridine rings is 1. The minimum Gasteiger partial charge on any atom is -0.489 e. The first-order valence-electron chi connectivity index (χ1n) is 7.97. The van der Waals surface area contributed by atoms with Crippen molar-refractivity contribution in [3.05, 3.63) is 78.0 Å². The summed E-state index contributed by atoms with van der Waals surface area (Å²) in [5, 5.41) is 3.27. The molecule has 0 bridgehead atoms. The maximum absolute atomic E-state index is 6.03. The van der Waals surface area contributed by atoms with Crippen molar-refractivity contribution in [2.75, 3.05) is 5.73 Å². The number of anilines is 1. The van der Waals surface area contributed by atoms with E-state index in [9.17, 15) is 0 Å². The van der Waals surface area contributed by atoms with Gasteiger partial charge in [0.2, 0.25) is 0 Å². The van der Waals surface area contributed by atoms with Crippen LogP contribution in [0.2, 0.25) is 0 Å². The molecule has 118 valence electrons. The molecule has 4 rings (SSSR count). The summed E-state index contributed by atoms with van der Waals surface area (Å²) in [4.78, 5) is 4.57. The molecule has 0 amide bonds. The normalized spacial score (nSPS) is 11.0. The quantitative estimate of drug-likeness (QED) is 0.549. The van der Waals surface area contributed by atoms with E-state index >= 15 is 0 Å². The zero-order valence-electron chi connectivity index (χ0n) is 13.5. The zero-order chi connectivity index (χ0) is 16.5. The molecule has 3 nitrogen and oxygen atoms in total. The summed E-state index contributed by atoms with van der Waals surface area (Å²) in [5.74, 6) is 0.839. The predicted octanol–water partition coefficient (Wildman–Crippen LogP) is 4.86. The van der Waals surface area contributed by atoms with Gasteiger partial charge in [0, 0.05) is 27.7 Å². The molecule has 0 saturated heterocycles. The molecule has 2 N–H and O–H groups in total. The number of nitrogen functional groups attached to an aromatic ring is 1. The van der Waals surface area contributed by atoms with Crippen LogP contribution in [-0.2, 0) is 6.61 Å². The molecule has 0 fully saturated rings. The first-order chi connectivity index (χ1) is 11.7. The number of aryl methyl sites for hydroxylation is 1. The third kappa shape index (κ3) is 2.65. The lowest BCUT2D eigenvalue weighted by Gasteiger charge is -2.11. The van der Waals surface area contributed by atoms with Crippen LogP contribution in [0.1, 0.15) is 11.3 Å². The number of ether oxygens (including phenoxy) is 1. The van der Waals surface area contributed by atoms with Crippen LogP contribution in [0.3, 0.4) is 0 Å². The lowest BCUT2D eigenvalue weighted by Crippen LogP contribution is -1.99. The van der Waals surface area contributed by atoms with Gasteiger partial charge in [0.25, 0.3) is 0 Å². The summed E-state index contributed by atoms with van der Waals surface area (Å²) >= 11 is 0. The molecular weight excluding hydrogens is 296 g/mol. The lowest BCUT2D eigenvalue weighted by atomic mass is 10.1. The highest BCUT2D eigenvalue weighted by Crippen LogP contribution is 2.26. The minimum absolute atomic E-state index is 0.512. The number of nitrogens with two attached hydrogens (primary N) is 1.